The molecule has 2 amide bonds. The molecule has 0 aliphatic carbocycles. The highest BCUT2D eigenvalue weighted by Gasteiger charge is 2.07. The average Bonchev–Trinajstić information content (AvgIpc) is 2.36. The summed E-state index contributed by atoms with van der Waals surface area (Å²) in [5.41, 5.74) is 7.27. The Morgan fingerprint density at radius 2 is 1.94 bits per heavy atom. The Morgan fingerprint density at radius 3 is 2.53 bits per heavy atom. The molecule has 0 spiro atoms. The van der Waals surface area contributed by atoms with Crippen LogP contribution in [-0.4, -0.2) is 32.5 Å². The van der Waals surface area contributed by atoms with E-state index in [1.54, 1.807) is 32.3 Å². The van der Waals surface area contributed by atoms with Crippen molar-refractivity contribution in [3.63, 3.8) is 0 Å². The summed E-state index contributed by atoms with van der Waals surface area (Å²) in [5, 5.41) is 7.86. The van der Waals surface area contributed by atoms with Gasteiger partial charge in [0, 0.05) is 19.7 Å². The molecule has 0 saturated carbocycles. The number of likely N-dealkylation sites (N-methyl/N-ethyl adjacent to an activating group) is 1. The van der Waals surface area contributed by atoms with Gasteiger partial charge in [-0.1, -0.05) is 0 Å². The van der Waals surface area contributed by atoms with Crippen LogP contribution in [0.15, 0.2) is 18.2 Å². The van der Waals surface area contributed by atoms with E-state index in [2.05, 4.69) is 16.0 Å². The minimum absolute atomic E-state index is 0.109. The first-order chi connectivity index (χ1) is 8.08. The lowest BCUT2D eigenvalue weighted by atomic mass is 10.1. The fourth-order valence-electron chi connectivity index (χ4n) is 1.26. The van der Waals surface area contributed by atoms with Crippen molar-refractivity contribution in [2.24, 2.45) is 0 Å². The normalized spacial score (nSPS) is 9.53. The lowest BCUT2D eigenvalue weighted by molar-refractivity contribution is -0.118. The van der Waals surface area contributed by atoms with Gasteiger partial charge in [-0.25, -0.2) is 0 Å². The van der Waals surface area contributed by atoms with Gasteiger partial charge in [0.25, 0.3) is 5.91 Å². The third kappa shape index (κ3) is 3.37. The quantitative estimate of drug-likeness (QED) is 0.544. The van der Waals surface area contributed by atoms with Gasteiger partial charge in [0.05, 0.1) is 17.9 Å². The van der Waals surface area contributed by atoms with E-state index >= 15 is 0 Å². The molecule has 5 N–H and O–H groups in total. The van der Waals surface area contributed by atoms with E-state index in [0.717, 1.165) is 0 Å². The monoisotopic (exact) mass is 236 g/mol. The number of benzene rings is 1. The molecule has 0 bridgehead atoms. The van der Waals surface area contributed by atoms with E-state index in [9.17, 15) is 9.59 Å². The molecule has 0 aromatic heterocycles. The molecule has 0 fully saturated rings. The number of nitrogens with one attached hydrogen (secondary N) is 3. The van der Waals surface area contributed by atoms with E-state index in [1.807, 2.05) is 0 Å². The van der Waals surface area contributed by atoms with Gasteiger partial charge in [-0.2, -0.15) is 0 Å². The first-order valence-electron chi connectivity index (χ1n) is 5.14. The summed E-state index contributed by atoms with van der Waals surface area (Å²) in [7, 11) is 3.10. The Bertz CT molecular complexity index is 431. The van der Waals surface area contributed by atoms with Crippen molar-refractivity contribution in [1.82, 2.24) is 10.6 Å². The Hall–Kier alpha value is -2.24. The summed E-state index contributed by atoms with van der Waals surface area (Å²) in [6.07, 6.45) is 0. The highest BCUT2D eigenvalue weighted by atomic mass is 16.2. The molecule has 0 heterocycles. The van der Waals surface area contributed by atoms with Crippen LogP contribution in [-0.2, 0) is 4.79 Å². The molecule has 17 heavy (non-hydrogen) atoms. The number of nitrogens with two attached hydrogens (primary N) is 1. The minimum atomic E-state index is -0.201. The molecule has 1 aromatic carbocycles. The standard InChI is InChI=1S/C11H16N4O2/c1-13-10(16)6-15-9-5-7(11(17)14-2)3-4-8(9)12/h3-5,15H,6,12H2,1-2H3,(H,13,16)(H,14,17). The Kier molecular flexibility index (Phi) is 4.33. The predicted octanol–water partition coefficient (Wildman–Crippen LogP) is -0.214. The number of hydrogen-bond acceptors (Lipinski definition) is 4. The maximum absolute atomic E-state index is 11.4. The summed E-state index contributed by atoms with van der Waals surface area (Å²) in [4.78, 5) is 22.5. The number of nitrogen functional groups attached to an aromatic ring is 1. The van der Waals surface area contributed by atoms with Gasteiger partial charge in [-0.05, 0) is 18.2 Å². The summed E-state index contributed by atoms with van der Waals surface area (Å²) in [6.45, 7) is 0.109. The fourth-order valence-corrected chi connectivity index (χ4v) is 1.26. The van der Waals surface area contributed by atoms with Crippen molar-refractivity contribution in [2.45, 2.75) is 0 Å². The van der Waals surface area contributed by atoms with E-state index in [1.165, 1.54) is 0 Å². The third-order valence-electron chi connectivity index (χ3n) is 2.26. The van der Waals surface area contributed by atoms with Crippen LogP contribution in [0.2, 0.25) is 0 Å². The first-order valence-corrected chi connectivity index (χ1v) is 5.14. The molecule has 1 rings (SSSR count). The molecule has 6 heteroatoms. The largest absolute Gasteiger partial charge is 0.397 e. The molecule has 0 saturated heterocycles. The van der Waals surface area contributed by atoms with Crippen molar-refractivity contribution >= 4 is 23.2 Å². The number of carbonyl (C=O) groups excluding carboxylic acids is 2. The van der Waals surface area contributed by atoms with Crippen LogP contribution in [0.4, 0.5) is 11.4 Å². The van der Waals surface area contributed by atoms with Gasteiger partial charge in [0.1, 0.15) is 0 Å². The Balaban J connectivity index is 2.83. The maximum atomic E-state index is 11.4. The molecule has 0 aliphatic rings. The van der Waals surface area contributed by atoms with Crippen molar-refractivity contribution in [3.8, 4) is 0 Å². The SMILES string of the molecule is CNC(=O)CNc1cc(C(=O)NC)ccc1N. The van der Waals surface area contributed by atoms with Crippen LogP contribution in [0, 0.1) is 0 Å². The van der Waals surface area contributed by atoms with Gasteiger partial charge >= 0.3 is 0 Å². The molecule has 6 nitrogen and oxygen atoms in total. The first kappa shape index (κ1) is 12.8. The smallest absolute Gasteiger partial charge is 0.251 e. The predicted molar refractivity (Wildman–Crippen MR) is 66.8 cm³/mol. The van der Waals surface area contributed by atoms with Crippen molar-refractivity contribution in [2.75, 3.05) is 31.7 Å². The summed E-state index contributed by atoms with van der Waals surface area (Å²) in [6, 6.07) is 4.85. The molecule has 92 valence electrons. The fraction of sp³-hybridized carbons (Fsp3) is 0.273. The molecule has 1 aromatic rings. The van der Waals surface area contributed by atoms with E-state index in [0.29, 0.717) is 16.9 Å². The number of hydrogen-bond donors (Lipinski definition) is 4. The number of amides is 2. The second kappa shape index (κ2) is 5.74. The third-order valence-corrected chi connectivity index (χ3v) is 2.26. The molecular formula is C11H16N4O2. The van der Waals surface area contributed by atoms with Crippen molar-refractivity contribution in [3.05, 3.63) is 23.8 Å². The van der Waals surface area contributed by atoms with Crippen LogP contribution >= 0.6 is 0 Å². The van der Waals surface area contributed by atoms with Crippen LogP contribution in [0.1, 0.15) is 10.4 Å². The zero-order valence-electron chi connectivity index (χ0n) is 9.83. The lowest BCUT2D eigenvalue weighted by Gasteiger charge is -2.10. The van der Waals surface area contributed by atoms with Gasteiger partial charge in [-0.15, -0.1) is 0 Å². The molecule has 0 radical (unpaired) electrons. The zero-order chi connectivity index (χ0) is 12.8. The second-order valence-corrected chi connectivity index (χ2v) is 3.41. The maximum Gasteiger partial charge on any atom is 0.251 e. The number of anilines is 2. The molecule has 0 aliphatic heterocycles. The Labute approximate surface area is 99.6 Å². The number of rotatable bonds is 4. The summed E-state index contributed by atoms with van der Waals surface area (Å²) < 4.78 is 0. The van der Waals surface area contributed by atoms with Gasteiger partial charge in [0.2, 0.25) is 5.91 Å². The van der Waals surface area contributed by atoms with Gasteiger partial charge < -0.3 is 21.7 Å². The van der Waals surface area contributed by atoms with E-state index in [-0.39, 0.29) is 18.4 Å². The molecule has 0 unspecified atom stereocenters. The van der Waals surface area contributed by atoms with Gasteiger partial charge in [0.15, 0.2) is 0 Å². The van der Waals surface area contributed by atoms with Crippen molar-refractivity contribution < 1.29 is 9.59 Å². The topological polar surface area (TPSA) is 96.2 Å². The van der Waals surface area contributed by atoms with Gasteiger partial charge in [-0.3, -0.25) is 9.59 Å². The van der Waals surface area contributed by atoms with E-state index in [4.69, 9.17) is 5.73 Å². The summed E-state index contributed by atoms with van der Waals surface area (Å²) in [5.74, 6) is -0.359. The van der Waals surface area contributed by atoms with Crippen LogP contribution in [0.3, 0.4) is 0 Å². The highest BCUT2D eigenvalue weighted by Crippen LogP contribution is 2.19. The highest BCUT2D eigenvalue weighted by molar-refractivity contribution is 5.96. The summed E-state index contributed by atoms with van der Waals surface area (Å²) >= 11 is 0. The molecular weight excluding hydrogens is 220 g/mol. The van der Waals surface area contributed by atoms with E-state index < -0.39 is 0 Å². The van der Waals surface area contributed by atoms with Crippen LogP contribution < -0.4 is 21.7 Å². The minimum Gasteiger partial charge on any atom is -0.397 e. The number of carbonyl (C=O) groups is 2. The van der Waals surface area contributed by atoms with Crippen LogP contribution in [0.5, 0.6) is 0 Å². The average molecular weight is 236 g/mol. The molecule has 0 atom stereocenters. The Morgan fingerprint density at radius 1 is 1.24 bits per heavy atom. The van der Waals surface area contributed by atoms with Crippen molar-refractivity contribution in [1.29, 1.82) is 0 Å². The second-order valence-electron chi connectivity index (χ2n) is 3.41. The lowest BCUT2D eigenvalue weighted by Crippen LogP contribution is -2.26. The van der Waals surface area contributed by atoms with Crippen LogP contribution in [0.25, 0.3) is 0 Å². The zero-order valence-corrected chi connectivity index (χ0v) is 9.83.